The van der Waals surface area contributed by atoms with Crippen LogP contribution in [0, 0.1) is 0 Å². The van der Waals surface area contributed by atoms with Crippen LogP contribution in [-0.4, -0.2) is 28.5 Å². The van der Waals surface area contributed by atoms with Crippen LogP contribution in [0.3, 0.4) is 0 Å². The zero-order valence-electron chi connectivity index (χ0n) is 19.4. The van der Waals surface area contributed by atoms with Crippen molar-refractivity contribution in [3.63, 3.8) is 0 Å². The Morgan fingerprint density at radius 2 is 1.31 bits per heavy atom. The SMILES string of the molecule is COc1ccc(-c2nn(-c3ccccc3)c(C(=O)c3ccc(Cl)cc3)c2C(=O)c2ccccc2)cc1. The van der Waals surface area contributed by atoms with Gasteiger partial charge in [0, 0.05) is 21.7 Å². The normalized spacial score (nSPS) is 10.7. The average molecular weight is 493 g/mol. The largest absolute Gasteiger partial charge is 0.497 e. The van der Waals surface area contributed by atoms with Crippen LogP contribution in [0.5, 0.6) is 5.75 Å². The number of benzene rings is 4. The van der Waals surface area contributed by atoms with E-state index in [2.05, 4.69) is 0 Å². The highest BCUT2D eigenvalue weighted by Crippen LogP contribution is 2.32. The van der Waals surface area contributed by atoms with E-state index < -0.39 is 0 Å². The zero-order valence-corrected chi connectivity index (χ0v) is 20.1. The fraction of sp³-hybridized carbons (Fsp3) is 0.0333. The summed E-state index contributed by atoms with van der Waals surface area (Å²) >= 11 is 6.07. The van der Waals surface area contributed by atoms with Crippen LogP contribution in [0.1, 0.15) is 32.0 Å². The topological polar surface area (TPSA) is 61.2 Å². The second kappa shape index (κ2) is 10.0. The molecule has 176 valence electrons. The molecule has 0 amide bonds. The van der Waals surface area contributed by atoms with E-state index in [0.29, 0.717) is 38.8 Å². The number of rotatable bonds is 7. The summed E-state index contributed by atoms with van der Waals surface area (Å²) in [6, 6.07) is 32.1. The van der Waals surface area contributed by atoms with Crippen LogP contribution in [0.4, 0.5) is 0 Å². The predicted molar refractivity (Wildman–Crippen MR) is 140 cm³/mol. The van der Waals surface area contributed by atoms with Crippen molar-refractivity contribution in [2.75, 3.05) is 7.11 Å². The lowest BCUT2D eigenvalue weighted by molar-refractivity contribution is 0.0999. The molecule has 6 heteroatoms. The van der Waals surface area contributed by atoms with E-state index in [-0.39, 0.29) is 22.8 Å². The van der Waals surface area contributed by atoms with Gasteiger partial charge in [0.05, 0.1) is 18.4 Å². The van der Waals surface area contributed by atoms with Crippen molar-refractivity contribution in [3.8, 4) is 22.7 Å². The molecule has 0 atom stereocenters. The minimum absolute atomic E-state index is 0.184. The number of hydrogen-bond donors (Lipinski definition) is 0. The molecule has 0 saturated carbocycles. The summed E-state index contributed by atoms with van der Waals surface area (Å²) < 4.78 is 6.85. The van der Waals surface area contributed by atoms with Gasteiger partial charge in [0.15, 0.2) is 5.78 Å². The number of ketones is 2. The van der Waals surface area contributed by atoms with Crippen LogP contribution in [0.15, 0.2) is 109 Å². The monoisotopic (exact) mass is 492 g/mol. The third-order valence-electron chi connectivity index (χ3n) is 5.83. The van der Waals surface area contributed by atoms with E-state index in [9.17, 15) is 9.59 Å². The number of methoxy groups -OCH3 is 1. The quantitative estimate of drug-likeness (QED) is 0.238. The van der Waals surface area contributed by atoms with E-state index in [1.807, 2.05) is 48.5 Å². The molecule has 1 heterocycles. The highest BCUT2D eigenvalue weighted by molar-refractivity contribution is 6.30. The van der Waals surface area contributed by atoms with E-state index in [4.69, 9.17) is 21.4 Å². The van der Waals surface area contributed by atoms with E-state index in [0.717, 1.165) is 0 Å². The van der Waals surface area contributed by atoms with Gasteiger partial charge in [-0.3, -0.25) is 9.59 Å². The van der Waals surface area contributed by atoms with E-state index in [1.54, 1.807) is 72.5 Å². The Morgan fingerprint density at radius 3 is 1.92 bits per heavy atom. The summed E-state index contributed by atoms with van der Waals surface area (Å²) in [5.74, 6) is 0.0533. The van der Waals surface area contributed by atoms with Gasteiger partial charge in [0.2, 0.25) is 5.78 Å². The van der Waals surface area contributed by atoms with Gasteiger partial charge in [-0.05, 0) is 60.7 Å². The average Bonchev–Trinajstić information content (AvgIpc) is 3.34. The maximum absolute atomic E-state index is 14.0. The smallest absolute Gasteiger partial charge is 0.212 e. The van der Waals surface area contributed by atoms with Gasteiger partial charge in [-0.25, -0.2) is 4.68 Å². The standard InChI is InChI=1S/C30H21ClN2O3/c1-36-25-18-14-20(15-19-25)27-26(29(34)21-8-4-2-5-9-21)28(30(35)22-12-16-23(31)17-13-22)33(32-27)24-10-6-3-7-11-24/h2-19H,1H3. The number of aromatic nitrogens is 2. The Labute approximate surface area is 213 Å². The molecule has 0 saturated heterocycles. The Kier molecular flexibility index (Phi) is 6.48. The number of hydrogen-bond acceptors (Lipinski definition) is 4. The maximum Gasteiger partial charge on any atom is 0.212 e. The Balaban J connectivity index is 1.81. The summed E-state index contributed by atoms with van der Waals surface area (Å²) in [7, 11) is 1.59. The molecule has 0 aliphatic heterocycles. The zero-order chi connectivity index (χ0) is 25.1. The third-order valence-corrected chi connectivity index (χ3v) is 6.09. The summed E-state index contributed by atoms with van der Waals surface area (Å²) in [4.78, 5) is 27.9. The van der Waals surface area contributed by atoms with Crippen LogP contribution in [-0.2, 0) is 0 Å². The molecule has 0 bridgehead atoms. The Morgan fingerprint density at radius 1 is 0.722 bits per heavy atom. The summed E-state index contributed by atoms with van der Waals surface area (Å²) in [6.45, 7) is 0. The lowest BCUT2D eigenvalue weighted by atomic mass is 9.94. The molecule has 0 radical (unpaired) electrons. The molecule has 5 rings (SSSR count). The molecule has 1 aromatic heterocycles. The van der Waals surface area contributed by atoms with Crippen LogP contribution in [0.2, 0.25) is 5.02 Å². The first-order valence-corrected chi connectivity index (χ1v) is 11.7. The molecular weight excluding hydrogens is 472 g/mol. The van der Waals surface area contributed by atoms with Gasteiger partial charge in [-0.15, -0.1) is 0 Å². The molecule has 5 nitrogen and oxygen atoms in total. The van der Waals surface area contributed by atoms with Crippen LogP contribution < -0.4 is 4.74 Å². The summed E-state index contributed by atoms with van der Waals surface area (Å²) in [6.07, 6.45) is 0. The molecule has 0 spiro atoms. The molecule has 0 N–H and O–H groups in total. The third kappa shape index (κ3) is 4.44. The van der Waals surface area contributed by atoms with Crippen molar-refractivity contribution in [3.05, 3.63) is 137 Å². The predicted octanol–water partition coefficient (Wildman–Crippen LogP) is 6.66. The van der Waals surface area contributed by atoms with Crippen molar-refractivity contribution in [2.45, 2.75) is 0 Å². The van der Waals surface area contributed by atoms with Gasteiger partial charge in [0.25, 0.3) is 0 Å². The van der Waals surface area contributed by atoms with Crippen molar-refractivity contribution >= 4 is 23.2 Å². The first-order valence-electron chi connectivity index (χ1n) is 11.3. The summed E-state index contributed by atoms with van der Waals surface area (Å²) in [5.41, 5.74) is 3.04. The van der Waals surface area contributed by atoms with E-state index >= 15 is 0 Å². The number of carbonyl (C=O) groups excluding carboxylic acids is 2. The fourth-order valence-electron chi connectivity index (χ4n) is 4.02. The minimum atomic E-state index is -0.331. The molecule has 0 aliphatic rings. The second-order valence-electron chi connectivity index (χ2n) is 8.08. The van der Waals surface area contributed by atoms with Crippen LogP contribution in [0.25, 0.3) is 16.9 Å². The molecule has 0 aliphatic carbocycles. The molecule has 36 heavy (non-hydrogen) atoms. The molecule has 0 unspecified atom stereocenters. The highest BCUT2D eigenvalue weighted by atomic mass is 35.5. The highest BCUT2D eigenvalue weighted by Gasteiger charge is 2.31. The van der Waals surface area contributed by atoms with Gasteiger partial charge in [-0.1, -0.05) is 60.1 Å². The van der Waals surface area contributed by atoms with Gasteiger partial charge in [-0.2, -0.15) is 5.10 Å². The lowest BCUT2D eigenvalue weighted by Crippen LogP contribution is -2.15. The van der Waals surface area contributed by atoms with E-state index in [1.165, 1.54) is 0 Å². The number of para-hydroxylation sites is 1. The fourth-order valence-corrected chi connectivity index (χ4v) is 4.15. The minimum Gasteiger partial charge on any atom is -0.497 e. The van der Waals surface area contributed by atoms with Crippen LogP contribution >= 0.6 is 11.6 Å². The number of nitrogens with zero attached hydrogens (tertiary/aromatic N) is 2. The van der Waals surface area contributed by atoms with Crippen molar-refractivity contribution in [1.82, 2.24) is 9.78 Å². The Hall–Kier alpha value is -4.48. The van der Waals surface area contributed by atoms with Gasteiger partial charge in [0.1, 0.15) is 17.1 Å². The lowest BCUT2D eigenvalue weighted by Gasteiger charge is -2.09. The number of carbonyl (C=O) groups is 2. The van der Waals surface area contributed by atoms with Gasteiger partial charge < -0.3 is 4.74 Å². The maximum atomic E-state index is 14.0. The molecular formula is C30H21ClN2O3. The number of halogens is 1. The Bertz CT molecular complexity index is 1530. The molecule has 4 aromatic carbocycles. The van der Waals surface area contributed by atoms with Crippen molar-refractivity contribution < 1.29 is 14.3 Å². The molecule has 5 aromatic rings. The van der Waals surface area contributed by atoms with Gasteiger partial charge >= 0.3 is 0 Å². The number of ether oxygens (including phenoxy) is 1. The summed E-state index contributed by atoms with van der Waals surface area (Å²) in [5, 5.41) is 5.34. The first kappa shape index (κ1) is 23.3. The van der Waals surface area contributed by atoms with Crippen molar-refractivity contribution in [2.24, 2.45) is 0 Å². The van der Waals surface area contributed by atoms with Crippen molar-refractivity contribution in [1.29, 1.82) is 0 Å². The first-order chi connectivity index (χ1) is 17.6. The molecule has 0 fully saturated rings. The second-order valence-corrected chi connectivity index (χ2v) is 8.52.